The Kier molecular flexibility index (Phi) is 8.22. The molecule has 0 saturated carbocycles. The minimum Gasteiger partial charge on any atom is -0.481 e. The molecule has 11 heteroatoms. The number of amides is 1. The van der Waals surface area contributed by atoms with Gasteiger partial charge in [0.05, 0.1) is 17.8 Å². The van der Waals surface area contributed by atoms with E-state index in [9.17, 15) is 34.5 Å². The second-order valence-electron chi connectivity index (χ2n) is 6.84. The zero-order valence-electron chi connectivity index (χ0n) is 15.9. The number of benzene rings is 1. The molecule has 0 bridgehead atoms. The number of hydrogen-bond donors (Lipinski definition) is 4. The first-order valence-electron chi connectivity index (χ1n) is 9.12. The molecular formula is C19H22N2O8S. The van der Waals surface area contributed by atoms with Crippen molar-refractivity contribution in [2.75, 3.05) is 5.75 Å². The number of carbonyl (C=O) groups excluding carboxylic acids is 1. The van der Waals surface area contributed by atoms with E-state index in [1.54, 1.807) is 24.3 Å². The SMILES string of the molecule is NC(=O)CCC(CC(CC(CSc1nc2ccccc2o1)C(=O)O)C(=O)O)C(=O)O. The lowest BCUT2D eigenvalue weighted by molar-refractivity contribution is -0.147. The molecule has 2 rings (SSSR count). The molecule has 1 amide bonds. The number of aromatic nitrogens is 1. The third-order valence-corrected chi connectivity index (χ3v) is 5.60. The molecule has 3 atom stereocenters. The molecule has 5 N–H and O–H groups in total. The fourth-order valence-electron chi connectivity index (χ4n) is 2.97. The number of aliphatic carboxylic acids is 3. The third kappa shape index (κ3) is 6.76. The summed E-state index contributed by atoms with van der Waals surface area (Å²) in [6, 6.07) is 7.03. The van der Waals surface area contributed by atoms with Gasteiger partial charge in [0, 0.05) is 12.2 Å². The van der Waals surface area contributed by atoms with Crippen LogP contribution in [0.3, 0.4) is 0 Å². The topological polar surface area (TPSA) is 181 Å². The maximum atomic E-state index is 11.7. The highest BCUT2D eigenvalue weighted by Gasteiger charge is 2.32. The molecule has 1 heterocycles. The van der Waals surface area contributed by atoms with Crippen LogP contribution in [-0.2, 0) is 19.2 Å². The molecule has 0 fully saturated rings. The van der Waals surface area contributed by atoms with E-state index >= 15 is 0 Å². The van der Waals surface area contributed by atoms with E-state index in [-0.39, 0.29) is 36.7 Å². The first-order valence-corrected chi connectivity index (χ1v) is 10.1. The molecular weight excluding hydrogens is 416 g/mol. The van der Waals surface area contributed by atoms with Gasteiger partial charge in [-0.1, -0.05) is 23.9 Å². The highest BCUT2D eigenvalue weighted by atomic mass is 32.2. The molecule has 0 radical (unpaired) electrons. The van der Waals surface area contributed by atoms with Crippen molar-refractivity contribution in [3.05, 3.63) is 24.3 Å². The molecule has 0 spiro atoms. The minimum absolute atomic E-state index is 0.00492. The van der Waals surface area contributed by atoms with E-state index in [1.165, 1.54) is 0 Å². The number of rotatable bonds is 13. The molecule has 2 aromatic rings. The average Bonchev–Trinajstić information content (AvgIpc) is 3.08. The van der Waals surface area contributed by atoms with Crippen LogP contribution in [0.15, 0.2) is 33.9 Å². The van der Waals surface area contributed by atoms with Gasteiger partial charge >= 0.3 is 17.9 Å². The Bertz CT molecular complexity index is 895. The number of nitrogens with zero attached hydrogens (tertiary/aromatic N) is 1. The maximum Gasteiger partial charge on any atom is 0.307 e. The summed E-state index contributed by atoms with van der Waals surface area (Å²) >= 11 is 1.05. The largest absolute Gasteiger partial charge is 0.481 e. The van der Waals surface area contributed by atoms with E-state index in [0.29, 0.717) is 11.1 Å². The number of carboxylic acid groups (broad SMARTS) is 3. The fraction of sp³-hybridized carbons (Fsp3) is 0.421. The summed E-state index contributed by atoms with van der Waals surface area (Å²) in [6.45, 7) is 0. The summed E-state index contributed by atoms with van der Waals surface area (Å²) in [5, 5.41) is 28.5. The molecule has 0 saturated heterocycles. The van der Waals surface area contributed by atoms with Gasteiger partial charge in [0.1, 0.15) is 5.52 Å². The summed E-state index contributed by atoms with van der Waals surface area (Å²) in [4.78, 5) is 49.8. The van der Waals surface area contributed by atoms with Gasteiger partial charge in [-0.15, -0.1) is 0 Å². The first kappa shape index (κ1) is 23.2. The lowest BCUT2D eigenvalue weighted by atomic mass is 9.85. The number of para-hydroxylation sites is 2. The molecule has 162 valence electrons. The van der Waals surface area contributed by atoms with E-state index in [0.717, 1.165) is 11.8 Å². The van der Waals surface area contributed by atoms with Crippen LogP contribution in [0.4, 0.5) is 0 Å². The van der Waals surface area contributed by atoms with E-state index in [4.69, 9.17) is 10.2 Å². The van der Waals surface area contributed by atoms with Crippen molar-refractivity contribution in [1.82, 2.24) is 4.98 Å². The molecule has 1 aromatic heterocycles. The van der Waals surface area contributed by atoms with Crippen LogP contribution in [0, 0.1) is 17.8 Å². The van der Waals surface area contributed by atoms with Crippen molar-refractivity contribution < 1.29 is 38.9 Å². The van der Waals surface area contributed by atoms with Crippen LogP contribution >= 0.6 is 11.8 Å². The maximum absolute atomic E-state index is 11.7. The number of nitrogens with two attached hydrogens (primary N) is 1. The van der Waals surface area contributed by atoms with Crippen LogP contribution in [0.25, 0.3) is 11.1 Å². The van der Waals surface area contributed by atoms with Crippen molar-refractivity contribution in [3.8, 4) is 0 Å². The van der Waals surface area contributed by atoms with E-state index in [2.05, 4.69) is 4.98 Å². The highest BCUT2D eigenvalue weighted by Crippen LogP contribution is 2.29. The average molecular weight is 438 g/mol. The number of thioether (sulfide) groups is 1. The number of oxazole rings is 1. The van der Waals surface area contributed by atoms with Crippen LogP contribution < -0.4 is 5.73 Å². The predicted molar refractivity (Wildman–Crippen MR) is 106 cm³/mol. The Labute approximate surface area is 175 Å². The zero-order valence-corrected chi connectivity index (χ0v) is 16.7. The van der Waals surface area contributed by atoms with E-state index < -0.39 is 41.6 Å². The predicted octanol–water partition coefficient (Wildman–Crippen LogP) is 2.07. The summed E-state index contributed by atoms with van der Waals surface area (Å²) in [6.07, 6.45) is -0.864. The van der Waals surface area contributed by atoms with Gasteiger partial charge in [0.15, 0.2) is 5.58 Å². The fourth-order valence-corrected chi connectivity index (χ4v) is 3.90. The molecule has 0 aliphatic carbocycles. The van der Waals surface area contributed by atoms with Crippen molar-refractivity contribution in [2.24, 2.45) is 23.5 Å². The third-order valence-electron chi connectivity index (χ3n) is 4.61. The monoisotopic (exact) mass is 438 g/mol. The van der Waals surface area contributed by atoms with E-state index in [1.807, 2.05) is 0 Å². The molecule has 1 aromatic carbocycles. The second-order valence-corrected chi connectivity index (χ2v) is 7.81. The summed E-state index contributed by atoms with van der Waals surface area (Å²) < 4.78 is 5.52. The molecule has 30 heavy (non-hydrogen) atoms. The van der Waals surface area contributed by atoms with Gasteiger partial charge in [0.25, 0.3) is 5.22 Å². The number of hydrogen-bond acceptors (Lipinski definition) is 7. The van der Waals surface area contributed by atoms with Gasteiger partial charge in [-0.3, -0.25) is 19.2 Å². The molecule has 0 aliphatic heterocycles. The van der Waals surface area contributed by atoms with Crippen LogP contribution in [0.1, 0.15) is 25.7 Å². The van der Waals surface area contributed by atoms with Crippen LogP contribution in [-0.4, -0.2) is 49.9 Å². The Morgan fingerprint density at radius 3 is 2.13 bits per heavy atom. The number of carbonyl (C=O) groups is 4. The lowest BCUT2D eigenvalue weighted by Gasteiger charge is -2.20. The Balaban J connectivity index is 2.04. The highest BCUT2D eigenvalue weighted by molar-refractivity contribution is 7.99. The Morgan fingerprint density at radius 2 is 1.57 bits per heavy atom. The second kappa shape index (κ2) is 10.6. The van der Waals surface area contributed by atoms with Gasteiger partial charge in [-0.25, -0.2) is 4.98 Å². The van der Waals surface area contributed by atoms with Crippen molar-refractivity contribution in [2.45, 2.75) is 30.9 Å². The van der Waals surface area contributed by atoms with Gasteiger partial charge in [0.2, 0.25) is 5.91 Å². The summed E-state index contributed by atoms with van der Waals surface area (Å²) in [7, 11) is 0. The van der Waals surface area contributed by atoms with Crippen molar-refractivity contribution in [3.63, 3.8) is 0 Å². The molecule has 3 unspecified atom stereocenters. The minimum atomic E-state index is -1.29. The number of fused-ring (bicyclic) bond motifs is 1. The van der Waals surface area contributed by atoms with Crippen LogP contribution in [0.5, 0.6) is 0 Å². The Morgan fingerprint density at radius 1 is 0.967 bits per heavy atom. The normalized spacial score (nSPS) is 14.1. The summed E-state index contributed by atoms with van der Waals surface area (Å²) in [5.74, 6) is -7.81. The first-order chi connectivity index (χ1) is 14.2. The molecule has 10 nitrogen and oxygen atoms in total. The lowest BCUT2D eigenvalue weighted by Crippen LogP contribution is -2.29. The van der Waals surface area contributed by atoms with Gasteiger partial charge in [-0.2, -0.15) is 0 Å². The number of carboxylic acids is 3. The molecule has 0 aliphatic rings. The van der Waals surface area contributed by atoms with Crippen molar-refractivity contribution in [1.29, 1.82) is 0 Å². The number of primary amides is 1. The van der Waals surface area contributed by atoms with Crippen LogP contribution in [0.2, 0.25) is 0 Å². The van der Waals surface area contributed by atoms with Gasteiger partial charge < -0.3 is 25.5 Å². The quantitative estimate of drug-likeness (QED) is 0.338. The summed E-state index contributed by atoms with van der Waals surface area (Å²) in [5.41, 5.74) is 6.20. The smallest absolute Gasteiger partial charge is 0.307 e. The Hall–Kier alpha value is -3.08. The van der Waals surface area contributed by atoms with Gasteiger partial charge in [-0.05, 0) is 31.4 Å². The van der Waals surface area contributed by atoms with Crippen molar-refractivity contribution >= 4 is 46.7 Å². The zero-order chi connectivity index (χ0) is 22.3. The standard InChI is InChI=1S/C19H22N2O8S/c20-15(22)6-5-10(16(23)24)7-11(17(25)26)8-12(18(27)28)9-30-19-21-13-3-1-2-4-14(13)29-19/h1-4,10-12H,5-9H2,(H2,20,22)(H,23,24)(H,25,26)(H,27,28).